The van der Waals surface area contributed by atoms with Crippen LogP contribution in [0.15, 0.2) is 0 Å². The zero-order valence-corrected chi connectivity index (χ0v) is 6.32. The second kappa shape index (κ2) is 5.87. The van der Waals surface area contributed by atoms with E-state index in [-0.39, 0.29) is 0 Å². The molecule has 1 fully saturated rings. The highest BCUT2D eigenvalue weighted by Gasteiger charge is 2.04. The largest absolute Gasteiger partial charge is 0.376 e. The Hall–Kier alpha value is -0.880. The molecule has 1 aliphatic heterocycles. The lowest BCUT2D eigenvalue weighted by Gasteiger charge is -2.18. The maximum Gasteiger partial charge on any atom is 0.291 e. The quantitative estimate of drug-likeness (QED) is 0.377. The van der Waals surface area contributed by atoms with Crippen molar-refractivity contribution in [2.24, 2.45) is 0 Å². The molecule has 0 spiro atoms. The number of hydrogen-bond donors (Lipinski definition) is 2. The van der Waals surface area contributed by atoms with E-state index in [1.807, 2.05) is 0 Å². The van der Waals surface area contributed by atoms with Gasteiger partial charge in [-0.05, 0) is 6.92 Å². The minimum atomic E-state index is -1.50. The summed E-state index contributed by atoms with van der Waals surface area (Å²) in [4.78, 5) is 8.36. The minimum Gasteiger partial charge on any atom is -0.376 e. The Bertz CT molecular complexity index is 109. The van der Waals surface area contributed by atoms with Crippen LogP contribution in [0.2, 0.25) is 0 Å². The number of ether oxygens (including phenoxy) is 1. The Kier molecular flexibility index (Phi) is 5.40. The Balaban J connectivity index is 0.000000218. The molecule has 1 unspecified atom stereocenters. The van der Waals surface area contributed by atoms with Crippen LogP contribution in [0.4, 0.5) is 0 Å². The second-order valence-electron chi connectivity index (χ2n) is 2.12. The van der Waals surface area contributed by atoms with Gasteiger partial charge in [0.2, 0.25) is 0 Å². The molecule has 66 valence electrons. The molecule has 1 saturated heterocycles. The van der Waals surface area contributed by atoms with E-state index in [0.29, 0.717) is 6.10 Å². The van der Waals surface area contributed by atoms with E-state index in [0.717, 1.165) is 19.7 Å². The molecule has 0 radical (unpaired) electrons. The Morgan fingerprint density at radius 1 is 1.82 bits per heavy atom. The first-order valence-electron chi connectivity index (χ1n) is 3.28. The number of nitrogens with zero attached hydrogens (tertiary/aromatic N) is 1. The summed E-state index contributed by atoms with van der Waals surface area (Å²) in [5, 5.41) is 16.8. The highest BCUT2D eigenvalue weighted by Crippen LogP contribution is 1.91. The molecule has 0 aromatic carbocycles. The molecule has 0 aromatic rings. The molecule has 0 aliphatic carbocycles. The van der Waals surface area contributed by atoms with Crippen LogP contribution in [0, 0.1) is 10.1 Å². The van der Waals surface area contributed by atoms with Gasteiger partial charge in [-0.25, -0.2) is 0 Å². The van der Waals surface area contributed by atoms with Crippen molar-refractivity contribution in [1.82, 2.24) is 5.32 Å². The molecular formula is C5H12N2O4. The van der Waals surface area contributed by atoms with Gasteiger partial charge in [0.25, 0.3) is 5.09 Å². The van der Waals surface area contributed by atoms with Crippen LogP contribution < -0.4 is 5.32 Å². The molecule has 0 saturated carbocycles. The summed E-state index contributed by atoms with van der Waals surface area (Å²) in [5.74, 6) is 0. The van der Waals surface area contributed by atoms with Gasteiger partial charge in [-0.1, -0.05) is 0 Å². The standard InChI is InChI=1S/C5H11NO.HNO3/c1-5-4-6-2-3-7-5;2-1(3)4/h5-6H,2-4H2,1H3;(H,2,3,4). The van der Waals surface area contributed by atoms with Crippen molar-refractivity contribution in [3.63, 3.8) is 0 Å². The van der Waals surface area contributed by atoms with Crippen molar-refractivity contribution in [1.29, 1.82) is 0 Å². The molecule has 1 atom stereocenters. The first-order chi connectivity index (χ1) is 5.13. The zero-order valence-electron chi connectivity index (χ0n) is 6.32. The van der Waals surface area contributed by atoms with E-state index >= 15 is 0 Å². The molecule has 0 aromatic heterocycles. The summed E-state index contributed by atoms with van der Waals surface area (Å²) in [6.07, 6.45) is 0.425. The van der Waals surface area contributed by atoms with E-state index in [2.05, 4.69) is 12.2 Å². The number of hydrogen-bond acceptors (Lipinski definition) is 4. The molecule has 1 aliphatic rings. The van der Waals surface area contributed by atoms with Crippen LogP contribution in [0.3, 0.4) is 0 Å². The average molecular weight is 164 g/mol. The predicted molar refractivity (Wildman–Crippen MR) is 37.1 cm³/mol. The predicted octanol–water partition coefficient (Wildman–Crippen LogP) is -0.353. The third-order valence-corrected chi connectivity index (χ3v) is 1.11. The summed E-state index contributed by atoms with van der Waals surface area (Å²) in [6, 6.07) is 0. The maximum absolute atomic E-state index is 8.36. The molecule has 1 heterocycles. The van der Waals surface area contributed by atoms with Gasteiger partial charge in [-0.2, -0.15) is 0 Å². The van der Waals surface area contributed by atoms with Crippen molar-refractivity contribution in [3.05, 3.63) is 10.1 Å². The Labute approximate surface area is 64.3 Å². The van der Waals surface area contributed by atoms with Crippen molar-refractivity contribution in [2.75, 3.05) is 19.7 Å². The fraction of sp³-hybridized carbons (Fsp3) is 1.00. The van der Waals surface area contributed by atoms with E-state index in [9.17, 15) is 0 Å². The van der Waals surface area contributed by atoms with Crippen molar-refractivity contribution >= 4 is 0 Å². The number of morpholine rings is 1. The zero-order chi connectivity index (χ0) is 8.69. The second-order valence-corrected chi connectivity index (χ2v) is 2.12. The topological polar surface area (TPSA) is 84.6 Å². The Morgan fingerprint density at radius 3 is 2.55 bits per heavy atom. The average Bonchev–Trinajstić information content (AvgIpc) is 1.87. The lowest BCUT2D eigenvalue weighted by Crippen LogP contribution is -2.36. The summed E-state index contributed by atoms with van der Waals surface area (Å²) in [6.45, 7) is 4.98. The lowest BCUT2D eigenvalue weighted by atomic mass is 10.3. The summed E-state index contributed by atoms with van der Waals surface area (Å²) in [7, 11) is 0. The van der Waals surface area contributed by atoms with Crippen molar-refractivity contribution < 1.29 is 15.0 Å². The van der Waals surface area contributed by atoms with Gasteiger partial charge in [-0.15, -0.1) is 10.1 Å². The van der Waals surface area contributed by atoms with Gasteiger partial charge < -0.3 is 15.3 Å². The van der Waals surface area contributed by atoms with Gasteiger partial charge in [0.15, 0.2) is 0 Å². The van der Waals surface area contributed by atoms with Crippen molar-refractivity contribution in [3.8, 4) is 0 Å². The molecule has 11 heavy (non-hydrogen) atoms. The Morgan fingerprint density at radius 2 is 2.36 bits per heavy atom. The summed E-state index contributed by atoms with van der Waals surface area (Å²) < 4.78 is 5.22. The van der Waals surface area contributed by atoms with E-state index in [1.54, 1.807) is 0 Å². The lowest BCUT2D eigenvalue weighted by molar-refractivity contribution is -0.742. The normalized spacial score (nSPS) is 23.2. The minimum absolute atomic E-state index is 0.425. The van der Waals surface area contributed by atoms with E-state index < -0.39 is 5.09 Å². The number of rotatable bonds is 0. The fourth-order valence-electron chi connectivity index (χ4n) is 0.697. The van der Waals surface area contributed by atoms with Gasteiger partial charge in [-0.3, -0.25) is 0 Å². The van der Waals surface area contributed by atoms with Gasteiger partial charge in [0.1, 0.15) is 0 Å². The van der Waals surface area contributed by atoms with Crippen LogP contribution in [-0.2, 0) is 4.74 Å². The van der Waals surface area contributed by atoms with Gasteiger partial charge >= 0.3 is 0 Å². The van der Waals surface area contributed by atoms with E-state index in [4.69, 9.17) is 20.1 Å². The highest BCUT2D eigenvalue weighted by molar-refractivity contribution is 4.59. The van der Waals surface area contributed by atoms with Gasteiger partial charge in [0.05, 0.1) is 12.7 Å². The molecular weight excluding hydrogens is 152 g/mol. The molecule has 2 N–H and O–H groups in total. The molecule has 1 rings (SSSR count). The third kappa shape index (κ3) is 9.12. The monoisotopic (exact) mass is 164 g/mol. The summed E-state index contributed by atoms with van der Waals surface area (Å²) in [5.41, 5.74) is 0. The molecule has 6 nitrogen and oxygen atoms in total. The van der Waals surface area contributed by atoms with Crippen LogP contribution in [0.5, 0.6) is 0 Å². The van der Waals surface area contributed by atoms with E-state index in [1.165, 1.54) is 0 Å². The third-order valence-electron chi connectivity index (χ3n) is 1.11. The first-order valence-corrected chi connectivity index (χ1v) is 3.28. The SMILES string of the molecule is CC1CNCCO1.O=[N+]([O-])O. The highest BCUT2D eigenvalue weighted by atomic mass is 16.9. The first kappa shape index (κ1) is 10.1. The fourth-order valence-corrected chi connectivity index (χ4v) is 0.697. The summed E-state index contributed by atoms with van der Waals surface area (Å²) >= 11 is 0. The number of nitrogens with one attached hydrogen (secondary N) is 1. The smallest absolute Gasteiger partial charge is 0.291 e. The maximum atomic E-state index is 8.36. The molecule has 6 heteroatoms. The van der Waals surface area contributed by atoms with Crippen molar-refractivity contribution in [2.45, 2.75) is 13.0 Å². The van der Waals surface area contributed by atoms with Crippen LogP contribution in [0.1, 0.15) is 6.92 Å². The molecule has 0 bridgehead atoms. The van der Waals surface area contributed by atoms with Gasteiger partial charge in [0, 0.05) is 13.1 Å². The van der Waals surface area contributed by atoms with Crippen LogP contribution >= 0.6 is 0 Å². The van der Waals surface area contributed by atoms with Crippen LogP contribution in [-0.4, -0.2) is 36.1 Å². The molecule has 0 amide bonds. The van der Waals surface area contributed by atoms with Crippen LogP contribution in [0.25, 0.3) is 0 Å².